The van der Waals surface area contributed by atoms with E-state index in [0.29, 0.717) is 28.2 Å². The molecule has 0 radical (unpaired) electrons. The molecular formula is C15H10Cl2N2O. The Morgan fingerprint density at radius 3 is 2.50 bits per heavy atom. The average molecular weight is 305 g/mol. The molecular weight excluding hydrogens is 295 g/mol. The molecule has 0 aliphatic rings. The van der Waals surface area contributed by atoms with Crippen LogP contribution in [0.15, 0.2) is 52.9 Å². The number of nitrogens with zero attached hydrogens (tertiary/aromatic N) is 2. The Morgan fingerprint density at radius 1 is 0.950 bits per heavy atom. The second-order valence-electron chi connectivity index (χ2n) is 4.28. The molecule has 0 atom stereocenters. The molecule has 0 saturated carbocycles. The molecule has 3 nitrogen and oxygen atoms in total. The fourth-order valence-electron chi connectivity index (χ4n) is 1.85. The van der Waals surface area contributed by atoms with E-state index in [0.717, 1.165) is 11.1 Å². The Labute approximate surface area is 126 Å². The van der Waals surface area contributed by atoms with Gasteiger partial charge in [-0.15, -0.1) is 10.2 Å². The smallest absolute Gasteiger partial charge is 0.247 e. The molecule has 3 aromatic rings. The van der Waals surface area contributed by atoms with E-state index in [4.69, 9.17) is 27.6 Å². The standard InChI is InChI=1S/C15H10Cl2N2O/c16-12-7-6-11(13(17)9-12)8-14-18-19-15(20-14)10-4-2-1-3-5-10/h1-7,9H,8H2. The molecule has 0 saturated heterocycles. The van der Waals surface area contributed by atoms with E-state index < -0.39 is 0 Å². The first-order chi connectivity index (χ1) is 9.72. The van der Waals surface area contributed by atoms with Crippen LogP contribution >= 0.6 is 23.2 Å². The van der Waals surface area contributed by atoms with Gasteiger partial charge in [0.15, 0.2) is 0 Å². The van der Waals surface area contributed by atoms with Gasteiger partial charge in [0, 0.05) is 15.6 Å². The Kier molecular flexibility index (Phi) is 3.72. The highest BCUT2D eigenvalue weighted by Gasteiger charge is 2.10. The van der Waals surface area contributed by atoms with Crippen molar-refractivity contribution in [1.82, 2.24) is 10.2 Å². The van der Waals surface area contributed by atoms with Crippen molar-refractivity contribution in [3.63, 3.8) is 0 Å². The van der Waals surface area contributed by atoms with Gasteiger partial charge in [0.1, 0.15) is 0 Å². The molecule has 0 spiro atoms. The molecule has 2 aromatic carbocycles. The summed E-state index contributed by atoms with van der Waals surface area (Å²) < 4.78 is 5.65. The molecule has 0 aliphatic carbocycles. The number of hydrogen-bond acceptors (Lipinski definition) is 3. The van der Waals surface area contributed by atoms with Crippen molar-refractivity contribution in [1.29, 1.82) is 0 Å². The first kappa shape index (κ1) is 13.2. The molecule has 0 unspecified atom stereocenters. The van der Waals surface area contributed by atoms with Gasteiger partial charge < -0.3 is 4.42 Å². The number of rotatable bonds is 3. The fourth-order valence-corrected chi connectivity index (χ4v) is 2.33. The predicted octanol–water partition coefficient (Wildman–Crippen LogP) is 4.63. The summed E-state index contributed by atoms with van der Waals surface area (Å²) >= 11 is 12.0. The lowest BCUT2D eigenvalue weighted by molar-refractivity contribution is 0.518. The van der Waals surface area contributed by atoms with Crippen LogP contribution in [0.25, 0.3) is 11.5 Å². The maximum atomic E-state index is 6.13. The van der Waals surface area contributed by atoms with E-state index in [9.17, 15) is 0 Å². The summed E-state index contributed by atoms with van der Waals surface area (Å²) in [5, 5.41) is 9.29. The summed E-state index contributed by atoms with van der Waals surface area (Å²) in [5.41, 5.74) is 1.80. The fraction of sp³-hybridized carbons (Fsp3) is 0.0667. The van der Waals surface area contributed by atoms with E-state index in [1.54, 1.807) is 12.1 Å². The Bertz CT molecular complexity index is 726. The van der Waals surface area contributed by atoms with Crippen molar-refractivity contribution in [2.24, 2.45) is 0 Å². The molecule has 3 rings (SSSR count). The van der Waals surface area contributed by atoms with Crippen molar-refractivity contribution in [2.45, 2.75) is 6.42 Å². The largest absolute Gasteiger partial charge is 0.420 e. The van der Waals surface area contributed by atoms with Crippen LogP contribution in [-0.2, 0) is 6.42 Å². The summed E-state index contributed by atoms with van der Waals surface area (Å²) in [6, 6.07) is 15.0. The highest BCUT2D eigenvalue weighted by molar-refractivity contribution is 6.35. The van der Waals surface area contributed by atoms with Gasteiger partial charge in [-0.2, -0.15) is 0 Å². The molecule has 0 bridgehead atoms. The number of aromatic nitrogens is 2. The Hall–Kier alpha value is -1.84. The lowest BCUT2D eigenvalue weighted by Gasteiger charge is -2.01. The highest BCUT2D eigenvalue weighted by Crippen LogP contribution is 2.24. The third kappa shape index (κ3) is 2.84. The van der Waals surface area contributed by atoms with E-state index in [2.05, 4.69) is 10.2 Å². The van der Waals surface area contributed by atoms with Crippen molar-refractivity contribution < 1.29 is 4.42 Å². The number of hydrogen-bond donors (Lipinski definition) is 0. The van der Waals surface area contributed by atoms with Crippen LogP contribution in [0.1, 0.15) is 11.5 Å². The Morgan fingerprint density at radius 2 is 1.75 bits per heavy atom. The lowest BCUT2D eigenvalue weighted by atomic mass is 10.1. The maximum Gasteiger partial charge on any atom is 0.247 e. The molecule has 0 fully saturated rings. The second-order valence-corrected chi connectivity index (χ2v) is 5.12. The molecule has 0 N–H and O–H groups in total. The molecule has 0 amide bonds. The monoisotopic (exact) mass is 304 g/mol. The van der Waals surface area contributed by atoms with Crippen molar-refractivity contribution in [3.05, 3.63) is 70.0 Å². The van der Waals surface area contributed by atoms with Crippen LogP contribution < -0.4 is 0 Å². The summed E-state index contributed by atoms with van der Waals surface area (Å²) in [7, 11) is 0. The Balaban J connectivity index is 1.84. The van der Waals surface area contributed by atoms with E-state index >= 15 is 0 Å². The molecule has 0 aliphatic heterocycles. The highest BCUT2D eigenvalue weighted by atomic mass is 35.5. The minimum absolute atomic E-state index is 0.482. The second kappa shape index (κ2) is 5.65. The van der Waals surface area contributed by atoms with Crippen LogP contribution in [-0.4, -0.2) is 10.2 Å². The van der Waals surface area contributed by atoms with Gasteiger partial charge in [-0.3, -0.25) is 0 Å². The normalized spacial score (nSPS) is 10.7. The predicted molar refractivity (Wildman–Crippen MR) is 79.0 cm³/mol. The van der Waals surface area contributed by atoms with Crippen LogP contribution in [0.4, 0.5) is 0 Å². The summed E-state index contributed by atoms with van der Waals surface area (Å²) in [4.78, 5) is 0. The number of benzene rings is 2. The summed E-state index contributed by atoms with van der Waals surface area (Å²) in [5.74, 6) is 1.03. The molecule has 100 valence electrons. The summed E-state index contributed by atoms with van der Waals surface area (Å²) in [6.07, 6.45) is 0.482. The third-order valence-corrected chi connectivity index (χ3v) is 3.43. The first-order valence-electron chi connectivity index (χ1n) is 6.04. The molecule has 5 heteroatoms. The quantitative estimate of drug-likeness (QED) is 0.708. The van der Waals surface area contributed by atoms with Gasteiger partial charge in [-0.05, 0) is 29.8 Å². The van der Waals surface area contributed by atoms with Gasteiger partial charge in [0.25, 0.3) is 0 Å². The minimum atomic E-state index is 0.482. The van der Waals surface area contributed by atoms with Gasteiger partial charge in [-0.25, -0.2) is 0 Å². The van der Waals surface area contributed by atoms with Crippen molar-refractivity contribution in [3.8, 4) is 11.5 Å². The minimum Gasteiger partial charge on any atom is -0.420 e. The van der Waals surface area contributed by atoms with Gasteiger partial charge in [-0.1, -0.05) is 47.5 Å². The number of halogens is 2. The van der Waals surface area contributed by atoms with E-state index in [-0.39, 0.29) is 0 Å². The lowest BCUT2D eigenvalue weighted by Crippen LogP contribution is -1.89. The average Bonchev–Trinajstić information content (AvgIpc) is 2.92. The maximum absolute atomic E-state index is 6.13. The third-order valence-electron chi connectivity index (χ3n) is 2.84. The van der Waals surface area contributed by atoms with E-state index in [1.165, 1.54) is 0 Å². The van der Waals surface area contributed by atoms with Gasteiger partial charge in [0.05, 0.1) is 6.42 Å². The van der Waals surface area contributed by atoms with E-state index in [1.807, 2.05) is 36.4 Å². The van der Waals surface area contributed by atoms with Crippen LogP contribution in [0.3, 0.4) is 0 Å². The zero-order chi connectivity index (χ0) is 13.9. The molecule has 1 heterocycles. The molecule has 20 heavy (non-hydrogen) atoms. The first-order valence-corrected chi connectivity index (χ1v) is 6.80. The van der Waals surface area contributed by atoms with Gasteiger partial charge in [0.2, 0.25) is 11.8 Å². The van der Waals surface area contributed by atoms with Crippen molar-refractivity contribution >= 4 is 23.2 Å². The van der Waals surface area contributed by atoms with Crippen LogP contribution in [0, 0.1) is 0 Å². The zero-order valence-electron chi connectivity index (χ0n) is 10.4. The topological polar surface area (TPSA) is 38.9 Å². The molecule has 1 aromatic heterocycles. The van der Waals surface area contributed by atoms with Crippen molar-refractivity contribution in [2.75, 3.05) is 0 Å². The summed E-state index contributed by atoms with van der Waals surface area (Å²) in [6.45, 7) is 0. The zero-order valence-corrected chi connectivity index (χ0v) is 11.9. The van der Waals surface area contributed by atoms with Crippen LogP contribution in [0.5, 0.6) is 0 Å². The van der Waals surface area contributed by atoms with Gasteiger partial charge >= 0.3 is 0 Å². The van der Waals surface area contributed by atoms with Crippen LogP contribution in [0.2, 0.25) is 10.0 Å². The SMILES string of the molecule is Clc1ccc(Cc2nnc(-c3ccccc3)o2)c(Cl)c1.